The van der Waals surface area contributed by atoms with Crippen molar-refractivity contribution in [3.63, 3.8) is 0 Å². The smallest absolute Gasteiger partial charge is 0.337 e. The van der Waals surface area contributed by atoms with Crippen LogP contribution in [0.15, 0.2) is 54.1 Å². The molecule has 0 fully saturated rings. The van der Waals surface area contributed by atoms with Gasteiger partial charge in [-0.15, -0.1) is 0 Å². The van der Waals surface area contributed by atoms with Crippen LogP contribution in [0.2, 0.25) is 5.02 Å². The second-order valence-electron chi connectivity index (χ2n) is 4.69. The lowest BCUT2D eigenvalue weighted by molar-refractivity contribution is -0.112. The van der Waals surface area contributed by atoms with Crippen molar-refractivity contribution in [3.8, 4) is 0 Å². The number of hydrogen-bond acceptors (Lipinski definition) is 2. The van der Waals surface area contributed by atoms with Crippen molar-refractivity contribution in [2.45, 2.75) is 6.92 Å². The standard InChI is InChI=1S/C17H14ClNO3/c1-11(9-12-5-3-2-4-6-12)16(20)19-15-10-13(18)7-8-14(15)17(21)22/h2-10H,1H3,(H,19,20)(H,21,22). The second kappa shape index (κ2) is 6.91. The molecular formula is C17H14ClNO3. The van der Waals surface area contributed by atoms with Crippen molar-refractivity contribution in [3.05, 3.63) is 70.3 Å². The summed E-state index contributed by atoms with van der Waals surface area (Å²) in [6, 6.07) is 13.6. The second-order valence-corrected chi connectivity index (χ2v) is 5.12. The maximum atomic E-state index is 12.2. The highest BCUT2D eigenvalue weighted by Gasteiger charge is 2.13. The Balaban J connectivity index is 2.24. The minimum atomic E-state index is -1.13. The van der Waals surface area contributed by atoms with Crippen molar-refractivity contribution < 1.29 is 14.7 Å². The number of carboxylic acid groups (broad SMARTS) is 1. The van der Waals surface area contributed by atoms with E-state index in [1.54, 1.807) is 13.0 Å². The molecule has 0 bridgehead atoms. The van der Waals surface area contributed by atoms with Crippen LogP contribution in [0.4, 0.5) is 5.69 Å². The van der Waals surface area contributed by atoms with Crippen LogP contribution in [0.25, 0.3) is 6.08 Å². The van der Waals surface area contributed by atoms with E-state index in [1.807, 2.05) is 30.3 Å². The zero-order valence-corrected chi connectivity index (χ0v) is 12.6. The van der Waals surface area contributed by atoms with Crippen LogP contribution in [-0.4, -0.2) is 17.0 Å². The van der Waals surface area contributed by atoms with E-state index in [2.05, 4.69) is 5.32 Å². The Hall–Kier alpha value is -2.59. The Morgan fingerprint density at radius 3 is 2.45 bits per heavy atom. The van der Waals surface area contributed by atoms with E-state index in [-0.39, 0.29) is 17.2 Å². The van der Waals surface area contributed by atoms with E-state index in [1.165, 1.54) is 18.2 Å². The highest BCUT2D eigenvalue weighted by atomic mass is 35.5. The molecule has 0 unspecified atom stereocenters. The van der Waals surface area contributed by atoms with Crippen LogP contribution in [0, 0.1) is 0 Å². The molecule has 0 radical (unpaired) electrons. The largest absolute Gasteiger partial charge is 0.478 e. The van der Waals surface area contributed by atoms with E-state index in [0.717, 1.165) is 5.56 Å². The summed E-state index contributed by atoms with van der Waals surface area (Å²) in [5, 5.41) is 12.1. The van der Waals surface area contributed by atoms with Crippen LogP contribution < -0.4 is 5.32 Å². The highest BCUT2D eigenvalue weighted by Crippen LogP contribution is 2.22. The van der Waals surface area contributed by atoms with Gasteiger partial charge in [0.1, 0.15) is 0 Å². The number of amides is 1. The van der Waals surface area contributed by atoms with Gasteiger partial charge in [0.05, 0.1) is 11.3 Å². The van der Waals surface area contributed by atoms with E-state index < -0.39 is 5.97 Å². The minimum absolute atomic E-state index is 0.00902. The minimum Gasteiger partial charge on any atom is -0.478 e. The van der Waals surface area contributed by atoms with Gasteiger partial charge in [-0.1, -0.05) is 41.9 Å². The van der Waals surface area contributed by atoms with Crippen molar-refractivity contribution >= 4 is 35.2 Å². The van der Waals surface area contributed by atoms with Gasteiger partial charge in [-0.05, 0) is 36.8 Å². The molecule has 1 amide bonds. The van der Waals surface area contributed by atoms with Gasteiger partial charge in [-0.3, -0.25) is 4.79 Å². The molecule has 2 N–H and O–H groups in total. The maximum absolute atomic E-state index is 12.2. The fourth-order valence-electron chi connectivity index (χ4n) is 1.89. The Morgan fingerprint density at radius 1 is 1.14 bits per heavy atom. The average Bonchev–Trinajstić information content (AvgIpc) is 2.48. The van der Waals surface area contributed by atoms with Crippen LogP contribution in [0.5, 0.6) is 0 Å². The SMILES string of the molecule is CC(=Cc1ccccc1)C(=O)Nc1cc(Cl)ccc1C(=O)O. The molecule has 2 rings (SSSR count). The molecule has 112 valence electrons. The predicted octanol–water partition coefficient (Wildman–Crippen LogP) is 4.08. The molecule has 0 heterocycles. The molecule has 4 nitrogen and oxygen atoms in total. The number of aromatic carboxylic acids is 1. The van der Waals surface area contributed by atoms with Crippen LogP contribution >= 0.6 is 11.6 Å². The van der Waals surface area contributed by atoms with E-state index in [0.29, 0.717) is 10.6 Å². The number of halogens is 1. The molecule has 0 aliphatic rings. The zero-order chi connectivity index (χ0) is 16.1. The monoisotopic (exact) mass is 315 g/mol. The first kappa shape index (κ1) is 15.8. The normalized spacial score (nSPS) is 11.1. The Labute approximate surface area is 133 Å². The summed E-state index contributed by atoms with van der Waals surface area (Å²) in [7, 11) is 0. The van der Waals surface area contributed by atoms with Gasteiger partial charge in [0.2, 0.25) is 0 Å². The summed E-state index contributed by atoms with van der Waals surface area (Å²) in [5.41, 5.74) is 1.51. The molecule has 0 spiro atoms. The third-order valence-electron chi connectivity index (χ3n) is 3.00. The fraction of sp³-hybridized carbons (Fsp3) is 0.0588. The highest BCUT2D eigenvalue weighted by molar-refractivity contribution is 6.31. The van der Waals surface area contributed by atoms with Gasteiger partial charge < -0.3 is 10.4 Å². The summed E-state index contributed by atoms with van der Waals surface area (Å²) in [4.78, 5) is 23.4. The molecule has 0 aliphatic heterocycles. The molecule has 0 aliphatic carbocycles. The molecule has 0 aromatic heterocycles. The van der Waals surface area contributed by atoms with Crippen molar-refractivity contribution in [2.24, 2.45) is 0 Å². The van der Waals surface area contributed by atoms with Crippen LogP contribution in [0.1, 0.15) is 22.8 Å². The quantitative estimate of drug-likeness (QED) is 0.835. The van der Waals surface area contributed by atoms with Gasteiger partial charge >= 0.3 is 5.97 Å². The molecule has 5 heteroatoms. The number of anilines is 1. The van der Waals surface area contributed by atoms with Crippen LogP contribution in [0.3, 0.4) is 0 Å². The number of rotatable bonds is 4. The summed E-state index contributed by atoms with van der Waals surface area (Å²) in [6.45, 7) is 1.66. The van der Waals surface area contributed by atoms with Crippen LogP contribution in [-0.2, 0) is 4.79 Å². The number of carboxylic acids is 1. The summed E-state index contributed by atoms with van der Waals surface area (Å²) in [6.07, 6.45) is 1.72. The topological polar surface area (TPSA) is 66.4 Å². The van der Waals surface area contributed by atoms with E-state index in [4.69, 9.17) is 16.7 Å². The molecule has 0 saturated heterocycles. The van der Waals surface area contributed by atoms with E-state index >= 15 is 0 Å². The lowest BCUT2D eigenvalue weighted by Crippen LogP contribution is -2.15. The first-order valence-corrected chi connectivity index (χ1v) is 6.92. The van der Waals surface area contributed by atoms with Gasteiger partial charge in [0.25, 0.3) is 5.91 Å². The Kier molecular flexibility index (Phi) is 4.96. The predicted molar refractivity (Wildman–Crippen MR) is 87.1 cm³/mol. The van der Waals surface area contributed by atoms with E-state index in [9.17, 15) is 9.59 Å². The molecule has 2 aromatic carbocycles. The zero-order valence-electron chi connectivity index (χ0n) is 11.8. The van der Waals surface area contributed by atoms with Crippen molar-refractivity contribution in [2.75, 3.05) is 5.32 Å². The third kappa shape index (κ3) is 3.96. The molecular weight excluding hydrogens is 302 g/mol. The first-order chi connectivity index (χ1) is 10.5. The molecule has 22 heavy (non-hydrogen) atoms. The number of carbonyl (C=O) groups excluding carboxylic acids is 1. The molecule has 0 saturated carbocycles. The lowest BCUT2D eigenvalue weighted by atomic mass is 10.1. The Bertz CT molecular complexity index is 739. The van der Waals surface area contributed by atoms with Gasteiger partial charge in [-0.25, -0.2) is 4.79 Å². The van der Waals surface area contributed by atoms with Crippen molar-refractivity contribution in [1.82, 2.24) is 0 Å². The van der Waals surface area contributed by atoms with Gasteiger partial charge in [0, 0.05) is 10.6 Å². The summed E-state index contributed by atoms with van der Waals surface area (Å²) in [5.74, 6) is -1.51. The number of hydrogen-bond donors (Lipinski definition) is 2. The fourth-order valence-corrected chi connectivity index (χ4v) is 2.06. The molecule has 2 aromatic rings. The summed E-state index contributed by atoms with van der Waals surface area (Å²) < 4.78 is 0. The Morgan fingerprint density at radius 2 is 1.82 bits per heavy atom. The van der Waals surface area contributed by atoms with Gasteiger partial charge in [0.15, 0.2) is 0 Å². The number of carbonyl (C=O) groups is 2. The lowest BCUT2D eigenvalue weighted by Gasteiger charge is -2.09. The number of nitrogens with one attached hydrogen (secondary N) is 1. The third-order valence-corrected chi connectivity index (χ3v) is 3.24. The number of benzene rings is 2. The summed E-state index contributed by atoms with van der Waals surface area (Å²) >= 11 is 5.86. The van der Waals surface area contributed by atoms with Crippen molar-refractivity contribution in [1.29, 1.82) is 0 Å². The van der Waals surface area contributed by atoms with Gasteiger partial charge in [-0.2, -0.15) is 0 Å². The maximum Gasteiger partial charge on any atom is 0.337 e. The first-order valence-electron chi connectivity index (χ1n) is 6.55. The molecule has 0 atom stereocenters. The average molecular weight is 316 g/mol.